The zero-order valence-corrected chi connectivity index (χ0v) is 18.1. The predicted molar refractivity (Wildman–Crippen MR) is 118 cm³/mol. The molecule has 2 rings (SSSR count). The van der Waals surface area contributed by atoms with Gasteiger partial charge in [0.05, 0.1) is 0 Å². The molecule has 1 aliphatic heterocycles. The highest BCUT2D eigenvalue weighted by Gasteiger charge is 2.21. The first-order valence-electron chi connectivity index (χ1n) is 10.5. The first-order valence-corrected chi connectivity index (χ1v) is 10.5. The summed E-state index contributed by atoms with van der Waals surface area (Å²) in [6, 6.07) is 9.05. The Bertz CT molecular complexity index is 650. The molecule has 6 heteroatoms. The van der Waals surface area contributed by atoms with Gasteiger partial charge in [0.15, 0.2) is 5.96 Å². The van der Waals surface area contributed by atoms with E-state index in [-0.39, 0.29) is 11.8 Å². The van der Waals surface area contributed by atoms with Crippen molar-refractivity contribution in [2.75, 3.05) is 25.5 Å². The minimum Gasteiger partial charge on any atom is -0.354 e. The Kier molecular flexibility index (Phi) is 8.77. The maximum atomic E-state index is 12.1. The molecule has 1 aliphatic rings. The van der Waals surface area contributed by atoms with Crippen molar-refractivity contribution in [3.63, 3.8) is 0 Å². The third kappa shape index (κ3) is 6.82. The number of anilines is 1. The Labute approximate surface area is 170 Å². The normalized spacial score (nSPS) is 17.4. The lowest BCUT2D eigenvalue weighted by atomic mass is 10.0. The third-order valence-electron chi connectivity index (χ3n) is 5.54. The summed E-state index contributed by atoms with van der Waals surface area (Å²) in [4.78, 5) is 19.0. The Balaban J connectivity index is 1.83. The second-order valence-electron chi connectivity index (χ2n) is 7.97. The molecule has 0 aromatic heterocycles. The average molecular weight is 388 g/mol. The number of benzene rings is 1. The lowest BCUT2D eigenvalue weighted by Gasteiger charge is -2.35. The molecule has 1 saturated heterocycles. The van der Waals surface area contributed by atoms with Gasteiger partial charge in [0.2, 0.25) is 5.91 Å². The summed E-state index contributed by atoms with van der Waals surface area (Å²) in [5.41, 5.74) is 1.95. The molecule has 1 aromatic carbocycles. The molecule has 1 amide bonds. The van der Waals surface area contributed by atoms with Gasteiger partial charge < -0.3 is 20.9 Å². The van der Waals surface area contributed by atoms with Gasteiger partial charge in [0, 0.05) is 50.4 Å². The highest BCUT2D eigenvalue weighted by Crippen LogP contribution is 2.14. The molecule has 3 N–H and O–H groups in total. The van der Waals surface area contributed by atoms with Crippen LogP contribution in [0, 0.1) is 5.92 Å². The van der Waals surface area contributed by atoms with Crippen molar-refractivity contribution in [3.05, 3.63) is 29.8 Å². The maximum absolute atomic E-state index is 12.1. The summed E-state index contributed by atoms with van der Waals surface area (Å²) in [5.74, 6) is 0.918. The first-order chi connectivity index (χ1) is 13.4. The second-order valence-corrected chi connectivity index (χ2v) is 7.97. The van der Waals surface area contributed by atoms with E-state index in [1.54, 1.807) is 7.05 Å². The summed E-state index contributed by atoms with van der Waals surface area (Å²) < 4.78 is 0. The Morgan fingerprint density at radius 3 is 2.57 bits per heavy atom. The van der Waals surface area contributed by atoms with Crippen LogP contribution in [0.2, 0.25) is 0 Å². The van der Waals surface area contributed by atoms with Crippen LogP contribution in [0.5, 0.6) is 0 Å². The maximum Gasteiger partial charge on any atom is 0.227 e. The second kappa shape index (κ2) is 11.1. The molecule has 0 spiro atoms. The van der Waals surface area contributed by atoms with Crippen LogP contribution in [0.3, 0.4) is 0 Å². The van der Waals surface area contributed by atoms with Crippen molar-refractivity contribution in [1.82, 2.24) is 15.5 Å². The standard InChI is InChI=1S/C22H37N5O/c1-6-17(4)21(28)25-20-9-7-8-18(14-20)15-24-22(23-5)26-19-10-12-27(13-11-19)16(2)3/h7-9,14,16-17,19H,6,10-13,15H2,1-5H3,(H,25,28)(H2,23,24,26). The molecule has 1 heterocycles. The van der Waals surface area contributed by atoms with Gasteiger partial charge in [-0.3, -0.25) is 9.79 Å². The Morgan fingerprint density at radius 2 is 1.96 bits per heavy atom. The average Bonchev–Trinajstić information content (AvgIpc) is 2.71. The highest BCUT2D eigenvalue weighted by atomic mass is 16.1. The van der Waals surface area contributed by atoms with Gasteiger partial charge in [-0.25, -0.2) is 0 Å². The molecule has 156 valence electrons. The van der Waals surface area contributed by atoms with Gasteiger partial charge >= 0.3 is 0 Å². The molecule has 1 atom stereocenters. The number of hydrogen-bond donors (Lipinski definition) is 3. The molecule has 6 nitrogen and oxygen atoms in total. The number of nitrogens with zero attached hydrogens (tertiary/aromatic N) is 2. The van der Waals surface area contributed by atoms with Crippen LogP contribution in [0.25, 0.3) is 0 Å². The van der Waals surface area contributed by atoms with E-state index in [2.05, 4.69) is 45.8 Å². The van der Waals surface area contributed by atoms with Crippen molar-refractivity contribution in [1.29, 1.82) is 0 Å². The van der Waals surface area contributed by atoms with E-state index in [0.717, 1.165) is 49.6 Å². The minimum absolute atomic E-state index is 0.0203. The highest BCUT2D eigenvalue weighted by molar-refractivity contribution is 5.92. The lowest BCUT2D eigenvalue weighted by molar-refractivity contribution is -0.119. The van der Waals surface area contributed by atoms with Crippen LogP contribution in [0.4, 0.5) is 5.69 Å². The van der Waals surface area contributed by atoms with E-state index in [1.807, 2.05) is 32.0 Å². The quantitative estimate of drug-likeness (QED) is 0.496. The van der Waals surface area contributed by atoms with Crippen molar-refractivity contribution < 1.29 is 4.79 Å². The summed E-state index contributed by atoms with van der Waals surface area (Å²) in [6.07, 6.45) is 3.11. The fourth-order valence-electron chi connectivity index (χ4n) is 3.34. The van der Waals surface area contributed by atoms with Crippen molar-refractivity contribution in [2.24, 2.45) is 10.9 Å². The monoisotopic (exact) mass is 387 g/mol. The number of piperidine rings is 1. The molecule has 0 saturated carbocycles. The van der Waals surface area contributed by atoms with Crippen LogP contribution in [-0.4, -0.2) is 49.0 Å². The molecular formula is C22H37N5O. The number of aliphatic imine (C=N–C) groups is 1. The number of nitrogens with one attached hydrogen (secondary N) is 3. The zero-order chi connectivity index (χ0) is 20.5. The molecule has 0 radical (unpaired) electrons. The summed E-state index contributed by atoms with van der Waals surface area (Å²) in [5, 5.41) is 9.94. The van der Waals surface area contributed by atoms with Crippen molar-refractivity contribution >= 4 is 17.6 Å². The molecule has 1 aromatic rings. The number of carbonyl (C=O) groups excluding carboxylic acids is 1. The van der Waals surface area contributed by atoms with E-state index >= 15 is 0 Å². The predicted octanol–water partition coefficient (Wildman–Crippen LogP) is 3.21. The number of likely N-dealkylation sites (tertiary alicyclic amines) is 1. The van der Waals surface area contributed by atoms with E-state index in [1.165, 1.54) is 0 Å². The molecule has 28 heavy (non-hydrogen) atoms. The van der Waals surface area contributed by atoms with Gasteiger partial charge in [-0.2, -0.15) is 0 Å². The molecule has 0 bridgehead atoms. The molecule has 1 fully saturated rings. The summed E-state index contributed by atoms with van der Waals surface area (Å²) in [6.45, 7) is 11.4. The fourth-order valence-corrected chi connectivity index (χ4v) is 3.34. The number of amides is 1. The van der Waals surface area contributed by atoms with E-state index < -0.39 is 0 Å². The van der Waals surface area contributed by atoms with Crippen molar-refractivity contribution in [2.45, 2.75) is 65.6 Å². The van der Waals surface area contributed by atoms with Crippen LogP contribution in [0.1, 0.15) is 52.5 Å². The Morgan fingerprint density at radius 1 is 1.25 bits per heavy atom. The molecular weight excluding hydrogens is 350 g/mol. The van der Waals surface area contributed by atoms with Crippen LogP contribution in [0.15, 0.2) is 29.3 Å². The zero-order valence-electron chi connectivity index (χ0n) is 18.1. The van der Waals surface area contributed by atoms with Gasteiger partial charge in [-0.1, -0.05) is 26.0 Å². The minimum atomic E-state index is 0.0203. The van der Waals surface area contributed by atoms with E-state index in [0.29, 0.717) is 18.6 Å². The van der Waals surface area contributed by atoms with Gasteiger partial charge in [0.25, 0.3) is 0 Å². The molecule has 1 unspecified atom stereocenters. The van der Waals surface area contributed by atoms with Gasteiger partial charge in [-0.15, -0.1) is 0 Å². The number of hydrogen-bond acceptors (Lipinski definition) is 3. The lowest BCUT2D eigenvalue weighted by Crippen LogP contribution is -2.49. The van der Waals surface area contributed by atoms with Gasteiger partial charge in [0.1, 0.15) is 0 Å². The fraction of sp³-hybridized carbons (Fsp3) is 0.636. The Hall–Kier alpha value is -2.08. The third-order valence-corrected chi connectivity index (χ3v) is 5.54. The van der Waals surface area contributed by atoms with E-state index in [4.69, 9.17) is 0 Å². The summed E-state index contributed by atoms with van der Waals surface area (Å²) >= 11 is 0. The topological polar surface area (TPSA) is 68.8 Å². The first kappa shape index (κ1) is 22.2. The number of rotatable bonds is 7. The van der Waals surface area contributed by atoms with Crippen molar-refractivity contribution in [3.8, 4) is 0 Å². The van der Waals surface area contributed by atoms with Crippen LogP contribution >= 0.6 is 0 Å². The van der Waals surface area contributed by atoms with Crippen LogP contribution in [-0.2, 0) is 11.3 Å². The SMILES string of the molecule is CCC(C)C(=O)Nc1cccc(CNC(=NC)NC2CCN(C(C)C)CC2)c1. The van der Waals surface area contributed by atoms with Gasteiger partial charge in [-0.05, 0) is 50.8 Å². The summed E-state index contributed by atoms with van der Waals surface area (Å²) in [7, 11) is 1.81. The smallest absolute Gasteiger partial charge is 0.227 e. The largest absolute Gasteiger partial charge is 0.354 e. The van der Waals surface area contributed by atoms with Crippen LogP contribution < -0.4 is 16.0 Å². The van der Waals surface area contributed by atoms with E-state index in [9.17, 15) is 4.79 Å². The number of guanidine groups is 1. The molecule has 0 aliphatic carbocycles. The number of carbonyl (C=O) groups is 1.